The number of carbonyl (C=O) groups is 1. The molecule has 98 valence electrons. The molecule has 4 nitrogen and oxygen atoms in total. The summed E-state index contributed by atoms with van der Waals surface area (Å²) >= 11 is 0. The lowest BCUT2D eigenvalue weighted by molar-refractivity contribution is 0.152. The summed E-state index contributed by atoms with van der Waals surface area (Å²) in [5, 5.41) is 0. The predicted octanol–water partition coefficient (Wildman–Crippen LogP) is 3.33. The highest BCUT2D eigenvalue weighted by atomic mass is 16.7. The van der Waals surface area contributed by atoms with E-state index in [2.05, 4.69) is 0 Å². The van der Waals surface area contributed by atoms with Crippen LogP contribution < -0.4 is 14.4 Å². The Hall–Kier alpha value is -2.49. The normalized spacial score (nSPS) is 9.79. The number of hydrogen-bond acceptors (Lipinski definition) is 4. The van der Waals surface area contributed by atoms with Crippen molar-refractivity contribution in [1.82, 2.24) is 0 Å². The molecule has 0 fully saturated rings. The zero-order valence-electron chi connectivity index (χ0n) is 10.9. The summed E-state index contributed by atoms with van der Waals surface area (Å²) in [4.78, 5) is 13.6. The van der Waals surface area contributed by atoms with Crippen molar-refractivity contribution in [2.24, 2.45) is 0 Å². The number of ether oxygens (including phenoxy) is 2. The van der Waals surface area contributed by atoms with Crippen LogP contribution in [0, 0.1) is 0 Å². The van der Waals surface area contributed by atoms with E-state index in [-0.39, 0.29) is 0 Å². The smallest absolute Gasteiger partial charge is 0.395 e. The molecule has 2 aromatic rings. The van der Waals surface area contributed by atoms with E-state index in [1.165, 1.54) is 0 Å². The standard InChI is InChI=1S/C15H15NO3/c1-16(2)13-10-6-7-11-14(13)19-15(17)18-12-8-4-3-5-9-12/h3-11H,1-2H3. The van der Waals surface area contributed by atoms with Crippen LogP contribution in [0.5, 0.6) is 11.5 Å². The average Bonchev–Trinajstić information content (AvgIpc) is 2.40. The summed E-state index contributed by atoms with van der Waals surface area (Å²) < 4.78 is 10.3. The van der Waals surface area contributed by atoms with Crippen molar-refractivity contribution in [2.45, 2.75) is 0 Å². The van der Waals surface area contributed by atoms with Crippen molar-refractivity contribution in [1.29, 1.82) is 0 Å². The largest absolute Gasteiger partial charge is 0.519 e. The van der Waals surface area contributed by atoms with Crippen LogP contribution >= 0.6 is 0 Å². The molecule has 2 aromatic carbocycles. The molecule has 0 radical (unpaired) electrons. The molecule has 0 aliphatic carbocycles. The summed E-state index contributed by atoms with van der Waals surface area (Å²) in [5.41, 5.74) is 0.813. The van der Waals surface area contributed by atoms with Crippen LogP contribution in [0.25, 0.3) is 0 Å². The molecule has 0 heterocycles. The molecule has 0 aromatic heterocycles. The lowest BCUT2D eigenvalue weighted by Crippen LogP contribution is -2.17. The van der Waals surface area contributed by atoms with Gasteiger partial charge in [-0.2, -0.15) is 0 Å². The van der Waals surface area contributed by atoms with Gasteiger partial charge >= 0.3 is 6.16 Å². The maximum Gasteiger partial charge on any atom is 0.519 e. The van der Waals surface area contributed by atoms with E-state index < -0.39 is 6.16 Å². The maximum atomic E-state index is 11.7. The van der Waals surface area contributed by atoms with E-state index in [0.29, 0.717) is 11.5 Å². The zero-order chi connectivity index (χ0) is 13.7. The zero-order valence-corrected chi connectivity index (χ0v) is 10.9. The third kappa shape index (κ3) is 3.48. The van der Waals surface area contributed by atoms with Crippen LogP contribution in [0.1, 0.15) is 0 Å². The molecule has 19 heavy (non-hydrogen) atoms. The molecule has 0 bridgehead atoms. The molecular weight excluding hydrogens is 242 g/mol. The Morgan fingerprint density at radius 1 is 0.895 bits per heavy atom. The van der Waals surface area contributed by atoms with Gasteiger partial charge in [0.15, 0.2) is 5.75 Å². The van der Waals surface area contributed by atoms with Gasteiger partial charge in [-0.3, -0.25) is 0 Å². The van der Waals surface area contributed by atoms with Gasteiger partial charge in [-0.25, -0.2) is 4.79 Å². The van der Waals surface area contributed by atoms with Crippen LogP contribution in [0.2, 0.25) is 0 Å². The van der Waals surface area contributed by atoms with Crippen LogP contribution in [0.15, 0.2) is 54.6 Å². The molecule has 0 atom stereocenters. The molecule has 2 rings (SSSR count). The first-order valence-electron chi connectivity index (χ1n) is 5.88. The van der Waals surface area contributed by atoms with Crippen LogP contribution in [-0.4, -0.2) is 20.3 Å². The summed E-state index contributed by atoms with van der Waals surface area (Å²) in [6, 6.07) is 16.1. The Bertz CT molecular complexity index is 552. The molecule has 0 unspecified atom stereocenters. The molecule has 0 saturated carbocycles. The Morgan fingerprint density at radius 2 is 1.53 bits per heavy atom. The molecular formula is C15H15NO3. The van der Waals surface area contributed by atoms with E-state index in [4.69, 9.17) is 9.47 Å². The van der Waals surface area contributed by atoms with Gasteiger partial charge in [-0.05, 0) is 24.3 Å². The lowest BCUT2D eigenvalue weighted by atomic mass is 10.3. The summed E-state index contributed by atoms with van der Waals surface area (Å²) in [6.45, 7) is 0. The van der Waals surface area contributed by atoms with E-state index >= 15 is 0 Å². The quantitative estimate of drug-likeness (QED) is 0.624. The van der Waals surface area contributed by atoms with Crippen molar-refractivity contribution in [3.05, 3.63) is 54.6 Å². The van der Waals surface area contributed by atoms with Crippen molar-refractivity contribution in [2.75, 3.05) is 19.0 Å². The minimum Gasteiger partial charge on any atom is -0.395 e. The molecule has 0 spiro atoms. The van der Waals surface area contributed by atoms with Crippen molar-refractivity contribution < 1.29 is 14.3 Å². The van der Waals surface area contributed by atoms with Crippen LogP contribution in [0.4, 0.5) is 10.5 Å². The maximum absolute atomic E-state index is 11.7. The highest BCUT2D eigenvalue weighted by Gasteiger charge is 2.11. The summed E-state index contributed by atoms with van der Waals surface area (Å²) in [7, 11) is 3.76. The summed E-state index contributed by atoms with van der Waals surface area (Å²) in [5.74, 6) is 0.920. The fraction of sp³-hybridized carbons (Fsp3) is 0.133. The molecule has 0 amide bonds. The molecule has 0 aliphatic rings. The number of hydrogen-bond donors (Lipinski definition) is 0. The van der Waals surface area contributed by atoms with Crippen molar-refractivity contribution >= 4 is 11.8 Å². The average molecular weight is 257 g/mol. The fourth-order valence-corrected chi connectivity index (χ4v) is 1.61. The van der Waals surface area contributed by atoms with Gasteiger partial charge in [0.2, 0.25) is 0 Å². The molecule has 0 aliphatic heterocycles. The minimum atomic E-state index is -0.750. The Kier molecular flexibility index (Phi) is 4.03. The van der Waals surface area contributed by atoms with Crippen molar-refractivity contribution in [3.63, 3.8) is 0 Å². The first-order chi connectivity index (χ1) is 9.16. The second-order valence-electron chi connectivity index (χ2n) is 4.13. The number of nitrogens with zero attached hydrogens (tertiary/aromatic N) is 1. The first-order valence-corrected chi connectivity index (χ1v) is 5.88. The van der Waals surface area contributed by atoms with Gasteiger partial charge in [-0.15, -0.1) is 0 Å². The lowest BCUT2D eigenvalue weighted by Gasteiger charge is -2.16. The Balaban J connectivity index is 2.07. The minimum absolute atomic E-state index is 0.454. The fourth-order valence-electron chi connectivity index (χ4n) is 1.61. The SMILES string of the molecule is CN(C)c1ccccc1OC(=O)Oc1ccccc1. The highest BCUT2D eigenvalue weighted by molar-refractivity contribution is 5.71. The second-order valence-corrected chi connectivity index (χ2v) is 4.13. The monoisotopic (exact) mass is 257 g/mol. The third-order valence-corrected chi connectivity index (χ3v) is 2.48. The number of carbonyl (C=O) groups excluding carboxylic acids is 1. The van der Waals surface area contributed by atoms with Gasteiger partial charge in [0.1, 0.15) is 5.75 Å². The van der Waals surface area contributed by atoms with E-state index in [0.717, 1.165) is 5.69 Å². The van der Waals surface area contributed by atoms with E-state index in [1.807, 2.05) is 37.2 Å². The molecule has 0 saturated heterocycles. The van der Waals surface area contributed by atoms with Gasteiger partial charge in [0.05, 0.1) is 5.69 Å². The number of para-hydroxylation sites is 3. The van der Waals surface area contributed by atoms with Gasteiger partial charge < -0.3 is 14.4 Å². The predicted molar refractivity (Wildman–Crippen MR) is 73.9 cm³/mol. The number of anilines is 1. The number of rotatable bonds is 3. The first kappa shape index (κ1) is 13.0. The Labute approximate surface area is 112 Å². The Morgan fingerprint density at radius 3 is 2.21 bits per heavy atom. The third-order valence-electron chi connectivity index (χ3n) is 2.48. The van der Waals surface area contributed by atoms with Gasteiger partial charge in [0.25, 0.3) is 0 Å². The highest BCUT2D eigenvalue weighted by Crippen LogP contribution is 2.26. The van der Waals surface area contributed by atoms with Crippen LogP contribution in [-0.2, 0) is 0 Å². The number of benzene rings is 2. The van der Waals surface area contributed by atoms with Crippen LogP contribution in [0.3, 0.4) is 0 Å². The van der Waals surface area contributed by atoms with Crippen molar-refractivity contribution in [3.8, 4) is 11.5 Å². The summed E-state index contributed by atoms with van der Waals surface area (Å²) in [6.07, 6.45) is -0.750. The van der Waals surface area contributed by atoms with Gasteiger partial charge in [0, 0.05) is 14.1 Å². The second kappa shape index (κ2) is 5.91. The topological polar surface area (TPSA) is 38.8 Å². The molecule has 0 N–H and O–H groups in total. The van der Waals surface area contributed by atoms with Gasteiger partial charge in [-0.1, -0.05) is 30.3 Å². The van der Waals surface area contributed by atoms with E-state index in [1.54, 1.807) is 36.4 Å². The molecule has 4 heteroatoms. The van der Waals surface area contributed by atoms with E-state index in [9.17, 15) is 4.79 Å².